The third-order valence-electron chi connectivity index (χ3n) is 23.9. The molecule has 19 heterocycles. The Kier molecular flexibility index (Phi) is 27.0. The molecule has 0 aromatic carbocycles. The van der Waals surface area contributed by atoms with Gasteiger partial charge in [-0.05, 0) is 160 Å². The molecular formula is C99H94FN37O10S. The molecule has 5 saturated carbocycles. The fourth-order valence-electron chi connectivity index (χ4n) is 15.8. The van der Waals surface area contributed by atoms with E-state index in [0.29, 0.717) is 127 Å². The molecule has 14 aromatic rings. The number of carbonyl (C=O) groups is 10. The van der Waals surface area contributed by atoms with E-state index in [4.69, 9.17) is 0 Å². The summed E-state index contributed by atoms with van der Waals surface area (Å²) in [6, 6.07) is 13.1. The van der Waals surface area contributed by atoms with Gasteiger partial charge in [0.2, 0.25) is 29.5 Å². The maximum absolute atomic E-state index is 13.9. The van der Waals surface area contributed by atoms with Crippen molar-refractivity contribution in [3.8, 4) is 0 Å². The van der Waals surface area contributed by atoms with Gasteiger partial charge in [0.05, 0.1) is 92.8 Å². The summed E-state index contributed by atoms with van der Waals surface area (Å²) in [4.78, 5) is 162. The van der Waals surface area contributed by atoms with Gasteiger partial charge in [-0.25, -0.2) is 53.4 Å². The van der Waals surface area contributed by atoms with Gasteiger partial charge in [-0.15, -0.1) is 0 Å². The molecule has 748 valence electrons. The van der Waals surface area contributed by atoms with Crippen LogP contribution in [-0.2, 0) is 24.0 Å². The van der Waals surface area contributed by atoms with Crippen LogP contribution in [0, 0.1) is 5.82 Å². The van der Waals surface area contributed by atoms with E-state index in [1.165, 1.54) is 67.2 Å². The number of allylic oxidation sites excluding steroid dienone is 5. The quantitative estimate of drug-likeness (QED) is 0.0253. The Morgan fingerprint density at radius 3 is 0.980 bits per heavy atom. The smallest absolute Gasteiger partial charge is 0.320 e. The minimum Gasteiger partial charge on any atom is -0.367 e. The Morgan fingerprint density at radius 1 is 0.378 bits per heavy atom. The molecular weight excluding hydrogens is 1920 g/mol. The molecule has 10 fully saturated rings. The maximum Gasteiger partial charge on any atom is 0.320 e. The van der Waals surface area contributed by atoms with Gasteiger partial charge < -0.3 is 79.8 Å². The summed E-state index contributed by atoms with van der Waals surface area (Å²) in [5, 5.41) is 71.0. The predicted octanol–water partition coefficient (Wildman–Crippen LogP) is 10.7. The van der Waals surface area contributed by atoms with E-state index in [2.05, 4.69) is 198 Å². The van der Waals surface area contributed by atoms with Gasteiger partial charge in [-0.2, -0.15) is 48.1 Å². The molecule has 0 unspecified atom stereocenters. The van der Waals surface area contributed by atoms with Crippen molar-refractivity contribution in [3.05, 3.63) is 274 Å². The minimum absolute atomic E-state index is 0.0152. The Hall–Kier alpha value is -19.1. The van der Waals surface area contributed by atoms with Crippen LogP contribution in [0.2, 0.25) is 0 Å². The third kappa shape index (κ3) is 23.1. The van der Waals surface area contributed by atoms with Crippen molar-refractivity contribution in [2.45, 2.75) is 146 Å². The second-order valence-electron chi connectivity index (χ2n) is 36.3. The van der Waals surface area contributed by atoms with Gasteiger partial charge in [0.1, 0.15) is 75.9 Å². The zero-order valence-electron chi connectivity index (χ0n) is 79.4. The van der Waals surface area contributed by atoms with E-state index in [1.54, 1.807) is 95.3 Å². The highest BCUT2D eigenvalue weighted by molar-refractivity contribution is 7.03. The minimum atomic E-state index is -0.718. The number of hydrogen-bond acceptors (Lipinski definition) is 32. The van der Waals surface area contributed by atoms with Gasteiger partial charge in [0.15, 0.2) is 34.1 Å². The number of rotatable bonds is 25. The highest BCUT2D eigenvalue weighted by Crippen LogP contribution is 2.37. The number of carbonyl (C=O) groups excluding carboxylic acids is 10. The zero-order chi connectivity index (χ0) is 103. The van der Waals surface area contributed by atoms with Gasteiger partial charge in [-0.1, -0.05) is 32.9 Å². The van der Waals surface area contributed by atoms with Crippen LogP contribution in [0.15, 0.2) is 218 Å². The standard InChI is InChI=1S/C21H18FN7O2.2C20H18N8O2.C19H17N7O2S.C19H23N7O2/c1-11-12(7-19(30)25-11)6-13-9-24-29-18(26-14-2-3-14)8-17(27-20(13)29)28-21(31)15-4-5-23-10-16(15)22;1-11-12(7-18(29)24-11)6-13-9-23-28-17(25-14-2-3-14)8-16(26-19(13)28)27-20(30)15-10-21-4-5-22-15;1-11-12(7-18(29)24-11)6-13-9-23-28-17(25-14-2-3-14)8-16(26-19(13)28)27-20(30)15-4-5-21-10-22-15;1-10-11(5-17(27)22-10)4-12-7-20-26-16(23-14-2-3-14)6-15(24-18(12)26)25-19(28)13-8-21-29-9-13;1-10(2)21-19(28)25-15-8-16(23-14-4-5-14)26-18(24-15)13(9-20-26)6-12-7-17(27)22-11(12)3/h4-6,8-10,14,26H,1-3,7H2,(H,25,30)(H,27,28,31);2*4-6,8-10,14,25H,1-3,7H2,(H,24,29)(H,26,27,30);4,6-9,14,23H,1-3,5H2,(H,22,27)(H,24,25,28);6,8-10,14,23H,3-5,7H2,1-2H3,(H,22,27)(H2,21,24,25,28)/b3*12-6+;11-4+;12-6+. The summed E-state index contributed by atoms with van der Waals surface area (Å²) in [5.74, 6) is 2.55. The molecule has 10 aliphatic rings. The molecule has 0 bridgehead atoms. The van der Waals surface area contributed by atoms with Gasteiger partial charge in [0, 0.05) is 153 Å². The fourth-order valence-corrected chi connectivity index (χ4v) is 16.3. The number of urea groups is 1. The lowest BCUT2D eigenvalue weighted by atomic mass is 10.1. The first-order valence-corrected chi connectivity index (χ1v) is 48.0. The van der Waals surface area contributed by atoms with Crippen LogP contribution >= 0.6 is 11.5 Å². The highest BCUT2D eigenvalue weighted by Gasteiger charge is 2.33. The molecule has 11 amide bonds. The molecule has 16 N–H and O–H groups in total. The molecule has 0 atom stereocenters. The first kappa shape index (κ1) is 96.4. The number of amides is 11. The highest BCUT2D eigenvalue weighted by atomic mass is 32.1. The van der Waals surface area contributed by atoms with E-state index in [1.807, 2.05) is 38.2 Å². The summed E-state index contributed by atoms with van der Waals surface area (Å²) in [6.45, 7) is 23.1. The fraction of sp³-hybridized carbons (Fsp3) is 0.232. The van der Waals surface area contributed by atoms with Crippen molar-refractivity contribution >= 4 is 188 Å². The number of hydrogen-bond donors (Lipinski definition) is 16. The van der Waals surface area contributed by atoms with E-state index >= 15 is 0 Å². The van der Waals surface area contributed by atoms with Crippen molar-refractivity contribution in [2.24, 2.45) is 0 Å². The predicted molar refractivity (Wildman–Crippen MR) is 547 cm³/mol. The number of aromatic nitrogens is 21. The van der Waals surface area contributed by atoms with Gasteiger partial charge >= 0.3 is 6.03 Å². The van der Waals surface area contributed by atoms with Crippen LogP contribution < -0.4 is 85.1 Å². The molecule has 0 spiro atoms. The van der Waals surface area contributed by atoms with Crippen molar-refractivity contribution in [1.82, 2.24) is 134 Å². The average Bonchev–Trinajstić information content (AvgIpc) is 1.64. The summed E-state index contributed by atoms with van der Waals surface area (Å²) in [7, 11) is 0. The molecule has 5 saturated heterocycles. The van der Waals surface area contributed by atoms with E-state index < -0.39 is 17.6 Å². The number of nitrogens with zero attached hydrogens (tertiary/aromatic N) is 21. The van der Waals surface area contributed by atoms with E-state index in [0.717, 1.165) is 144 Å². The van der Waals surface area contributed by atoms with Crippen molar-refractivity contribution in [3.63, 3.8) is 0 Å². The third-order valence-corrected chi connectivity index (χ3v) is 24.5. The second-order valence-corrected chi connectivity index (χ2v) is 36.9. The van der Waals surface area contributed by atoms with Crippen LogP contribution in [-0.4, -0.2) is 198 Å². The molecule has 14 aromatic heterocycles. The van der Waals surface area contributed by atoms with Crippen LogP contribution in [0.4, 0.5) is 67.4 Å². The maximum atomic E-state index is 13.9. The van der Waals surface area contributed by atoms with Gasteiger partial charge in [0.25, 0.3) is 23.6 Å². The van der Waals surface area contributed by atoms with Crippen LogP contribution in [0.3, 0.4) is 0 Å². The summed E-state index contributed by atoms with van der Waals surface area (Å²) in [6.07, 6.45) is 40.7. The Morgan fingerprint density at radius 2 is 0.696 bits per heavy atom. The number of nitrogens with one attached hydrogen (secondary N) is 16. The summed E-state index contributed by atoms with van der Waals surface area (Å²) in [5.41, 5.74) is 13.9. The molecule has 148 heavy (non-hydrogen) atoms. The number of pyridine rings is 1. The second kappa shape index (κ2) is 41.4. The Bertz CT molecular complexity index is 7840. The lowest BCUT2D eigenvalue weighted by Gasteiger charge is -2.12. The topological polar surface area (TPSA) is 591 Å². The van der Waals surface area contributed by atoms with E-state index in [9.17, 15) is 52.3 Å². The average molecular weight is 2010 g/mol. The Labute approximate surface area is 843 Å². The first-order valence-electron chi connectivity index (χ1n) is 47.2. The molecule has 24 rings (SSSR count). The number of fused-ring (bicyclic) bond motifs is 5. The van der Waals surface area contributed by atoms with Crippen LogP contribution in [0.25, 0.3) is 58.6 Å². The first-order chi connectivity index (χ1) is 71.6. The van der Waals surface area contributed by atoms with Gasteiger partial charge in [-0.3, -0.25) is 58.4 Å². The largest absolute Gasteiger partial charge is 0.367 e. The number of halogens is 1. The molecule has 5 aliphatic carbocycles. The molecule has 47 nitrogen and oxygen atoms in total. The van der Waals surface area contributed by atoms with Crippen molar-refractivity contribution in [2.75, 3.05) is 53.2 Å². The lowest BCUT2D eigenvalue weighted by Crippen LogP contribution is -2.34. The van der Waals surface area contributed by atoms with Crippen LogP contribution in [0.1, 0.15) is 180 Å². The van der Waals surface area contributed by atoms with E-state index in [-0.39, 0.29) is 108 Å². The molecule has 5 aliphatic heterocycles. The molecule has 0 radical (unpaired) electrons. The van der Waals surface area contributed by atoms with Crippen LogP contribution in [0.5, 0.6) is 0 Å². The SMILES string of the molecule is C=C1NC(=O)C/C1=C\c1cnn2c(NC3CC3)cc(NC(=O)NC(C)C)nc12.C=C1NC(=O)C/C1=C\c1cnn2c(NC3CC3)cc(NC(=O)c3ccncc3F)nc12.C=C1NC(=O)C/C1=C\c1cnn2c(NC3CC3)cc(NC(=O)c3ccncn3)nc12.C=C1NC(=O)C/C1=C\c1cnn2c(NC3CC3)cc(NC(=O)c3cnccn3)nc12.C=C1NC(=O)C/C1=C\c1cnn2c(NC3CC3)cc(NC(=O)c3cnsc3)nc12. The van der Waals surface area contributed by atoms with Crippen molar-refractivity contribution < 1.29 is 52.3 Å². The lowest BCUT2D eigenvalue weighted by molar-refractivity contribution is -0.119. The van der Waals surface area contributed by atoms with Crippen molar-refractivity contribution in [1.29, 1.82) is 0 Å². The monoisotopic (exact) mass is 2010 g/mol. The summed E-state index contributed by atoms with van der Waals surface area (Å²) < 4.78 is 26.3. The number of anilines is 10. The summed E-state index contributed by atoms with van der Waals surface area (Å²) >= 11 is 1.22. The zero-order valence-corrected chi connectivity index (χ0v) is 80.2. The molecule has 49 heteroatoms. The normalized spacial score (nSPS) is 17.6. The Balaban J connectivity index is 0.000000112.